The maximum absolute atomic E-state index is 4.67. The van der Waals surface area contributed by atoms with Gasteiger partial charge in [-0.15, -0.1) is 0 Å². The molecule has 2 rings (SSSR count). The van der Waals surface area contributed by atoms with Crippen molar-refractivity contribution < 1.29 is 0 Å². The molecule has 3 nitrogen and oxygen atoms in total. The molecule has 0 atom stereocenters. The van der Waals surface area contributed by atoms with E-state index in [9.17, 15) is 0 Å². The van der Waals surface area contributed by atoms with E-state index >= 15 is 0 Å². The summed E-state index contributed by atoms with van der Waals surface area (Å²) in [4.78, 5) is 11.2. The topological polar surface area (TPSA) is 29.0 Å². The van der Waals surface area contributed by atoms with Crippen LogP contribution in [0.1, 0.15) is 37.4 Å². The highest BCUT2D eigenvalue weighted by Gasteiger charge is 2.26. The van der Waals surface area contributed by atoms with Gasteiger partial charge in [0.25, 0.3) is 0 Å². The van der Waals surface area contributed by atoms with Crippen LogP contribution in [0.5, 0.6) is 0 Å². The average molecular weight is 219 g/mol. The summed E-state index contributed by atoms with van der Waals surface area (Å²) >= 11 is 0. The predicted molar refractivity (Wildman–Crippen MR) is 65.2 cm³/mol. The molecule has 1 aliphatic rings. The number of hydrogen-bond acceptors (Lipinski definition) is 3. The van der Waals surface area contributed by atoms with Crippen LogP contribution in [0, 0.1) is 5.41 Å². The zero-order valence-electron chi connectivity index (χ0n) is 10.7. The molecule has 1 aromatic heterocycles. The number of nitrogens with zero attached hydrogens (tertiary/aromatic N) is 3. The normalized spacial score (nSPS) is 18.6. The molecule has 16 heavy (non-hydrogen) atoms. The number of fused-ring (bicyclic) bond motifs is 1. The van der Waals surface area contributed by atoms with Gasteiger partial charge in [-0.2, -0.15) is 0 Å². The van der Waals surface area contributed by atoms with Crippen LogP contribution in [0.4, 0.5) is 0 Å². The van der Waals surface area contributed by atoms with Gasteiger partial charge in [0.2, 0.25) is 0 Å². The molecule has 1 aliphatic carbocycles. The lowest BCUT2D eigenvalue weighted by Gasteiger charge is -2.30. The van der Waals surface area contributed by atoms with E-state index in [0.717, 1.165) is 25.2 Å². The largest absolute Gasteiger partial charge is 0.302 e. The molecule has 1 heterocycles. The highest BCUT2D eigenvalue weighted by Crippen LogP contribution is 2.33. The molecular formula is C13H21N3. The molecule has 0 radical (unpaired) electrons. The first-order chi connectivity index (χ1) is 7.46. The quantitative estimate of drug-likeness (QED) is 0.762. The van der Waals surface area contributed by atoms with Crippen molar-refractivity contribution in [3.05, 3.63) is 23.3 Å². The summed E-state index contributed by atoms with van der Waals surface area (Å²) in [5.74, 6) is 0.948. The number of rotatable bonds is 2. The van der Waals surface area contributed by atoms with Gasteiger partial charge in [0.05, 0.1) is 6.54 Å². The zero-order chi connectivity index (χ0) is 11.8. The molecule has 0 amide bonds. The maximum Gasteiger partial charge on any atom is 0.142 e. The molecule has 0 unspecified atom stereocenters. The number of hydrogen-bond donors (Lipinski definition) is 0. The molecule has 0 aliphatic heterocycles. The highest BCUT2D eigenvalue weighted by molar-refractivity contribution is 5.22. The standard InChI is InChI=1S/C13H21N3/c1-13(2)6-5-11-10(7-13)8-14-12(15-11)9-16(3)4/h8H,5-7,9H2,1-4H3. The van der Waals surface area contributed by atoms with Crippen LogP contribution < -0.4 is 0 Å². The summed E-state index contributed by atoms with van der Waals surface area (Å²) in [6.45, 7) is 5.48. The first-order valence-corrected chi connectivity index (χ1v) is 5.95. The van der Waals surface area contributed by atoms with E-state index in [4.69, 9.17) is 0 Å². The van der Waals surface area contributed by atoms with Crippen LogP contribution in [0.25, 0.3) is 0 Å². The van der Waals surface area contributed by atoms with Gasteiger partial charge in [0, 0.05) is 11.9 Å². The van der Waals surface area contributed by atoms with Crippen LogP contribution >= 0.6 is 0 Å². The lowest BCUT2D eigenvalue weighted by molar-refractivity contribution is 0.309. The minimum absolute atomic E-state index is 0.416. The molecule has 3 heteroatoms. The van der Waals surface area contributed by atoms with E-state index in [1.54, 1.807) is 0 Å². The van der Waals surface area contributed by atoms with Crippen molar-refractivity contribution in [2.24, 2.45) is 5.41 Å². The first kappa shape index (κ1) is 11.5. The van der Waals surface area contributed by atoms with Crippen molar-refractivity contribution >= 4 is 0 Å². The lowest BCUT2D eigenvalue weighted by atomic mass is 9.76. The Morgan fingerprint density at radius 3 is 2.81 bits per heavy atom. The number of aromatic nitrogens is 2. The molecular weight excluding hydrogens is 198 g/mol. The molecule has 0 fully saturated rings. The molecule has 0 saturated carbocycles. The molecule has 88 valence electrons. The summed E-state index contributed by atoms with van der Waals surface area (Å²) in [6, 6.07) is 0. The van der Waals surface area contributed by atoms with E-state index in [1.807, 2.05) is 20.3 Å². The Kier molecular flexibility index (Phi) is 2.98. The Bertz CT molecular complexity index is 383. The summed E-state index contributed by atoms with van der Waals surface area (Å²) in [6.07, 6.45) is 5.48. The Morgan fingerprint density at radius 1 is 1.38 bits per heavy atom. The number of aryl methyl sites for hydroxylation is 1. The van der Waals surface area contributed by atoms with Crippen molar-refractivity contribution in [1.82, 2.24) is 14.9 Å². The summed E-state index contributed by atoms with van der Waals surface area (Å²) in [5, 5.41) is 0. The Labute approximate surface area is 97.9 Å². The highest BCUT2D eigenvalue weighted by atomic mass is 15.1. The van der Waals surface area contributed by atoms with E-state index < -0.39 is 0 Å². The van der Waals surface area contributed by atoms with Crippen molar-refractivity contribution in [1.29, 1.82) is 0 Å². The van der Waals surface area contributed by atoms with Crippen molar-refractivity contribution in [3.8, 4) is 0 Å². The third-order valence-electron chi connectivity index (χ3n) is 3.17. The van der Waals surface area contributed by atoms with Gasteiger partial charge < -0.3 is 4.90 Å². The van der Waals surface area contributed by atoms with Gasteiger partial charge >= 0.3 is 0 Å². The van der Waals surface area contributed by atoms with E-state index in [-0.39, 0.29) is 0 Å². The van der Waals surface area contributed by atoms with E-state index in [0.29, 0.717) is 5.41 Å². The molecule has 0 bridgehead atoms. The zero-order valence-corrected chi connectivity index (χ0v) is 10.7. The van der Waals surface area contributed by atoms with Crippen LogP contribution in [0.3, 0.4) is 0 Å². The second-order valence-corrected chi connectivity index (χ2v) is 5.84. The molecule has 0 spiro atoms. The molecule has 1 aromatic rings. The Balaban J connectivity index is 2.21. The predicted octanol–water partition coefficient (Wildman–Crippen LogP) is 2.05. The summed E-state index contributed by atoms with van der Waals surface area (Å²) in [7, 11) is 4.10. The van der Waals surface area contributed by atoms with Crippen molar-refractivity contribution in [3.63, 3.8) is 0 Å². The average Bonchev–Trinajstić information content (AvgIpc) is 2.16. The minimum Gasteiger partial charge on any atom is -0.302 e. The van der Waals surface area contributed by atoms with Crippen LogP contribution in [-0.4, -0.2) is 29.0 Å². The minimum atomic E-state index is 0.416. The SMILES string of the molecule is CN(C)Cc1ncc2c(n1)CCC(C)(C)C2. The van der Waals surface area contributed by atoms with E-state index in [2.05, 4.69) is 28.7 Å². The van der Waals surface area contributed by atoms with Gasteiger partial charge in [-0.25, -0.2) is 9.97 Å². The van der Waals surface area contributed by atoms with Gasteiger partial charge in [0.1, 0.15) is 5.82 Å². The van der Waals surface area contributed by atoms with Crippen LogP contribution in [0.2, 0.25) is 0 Å². The van der Waals surface area contributed by atoms with Crippen LogP contribution in [-0.2, 0) is 19.4 Å². The summed E-state index contributed by atoms with van der Waals surface area (Å²) < 4.78 is 0. The second-order valence-electron chi connectivity index (χ2n) is 5.84. The van der Waals surface area contributed by atoms with Crippen molar-refractivity contribution in [2.75, 3.05) is 14.1 Å². The van der Waals surface area contributed by atoms with Gasteiger partial charge in [-0.05, 0) is 44.3 Å². The smallest absolute Gasteiger partial charge is 0.142 e. The van der Waals surface area contributed by atoms with Gasteiger partial charge in [-0.1, -0.05) is 13.8 Å². The maximum atomic E-state index is 4.67. The molecule has 0 N–H and O–H groups in total. The molecule has 0 saturated heterocycles. The molecule has 0 aromatic carbocycles. The third-order valence-corrected chi connectivity index (χ3v) is 3.17. The van der Waals surface area contributed by atoms with Crippen molar-refractivity contribution in [2.45, 2.75) is 39.7 Å². The fraction of sp³-hybridized carbons (Fsp3) is 0.692. The fourth-order valence-electron chi connectivity index (χ4n) is 2.27. The summed E-state index contributed by atoms with van der Waals surface area (Å²) in [5.41, 5.74) is 3.03. The first-order valence-electron chi connectivity index (χ1n) is 5.95. The van der Waals surface area contributed by atoms with Gasteiger partial charge in [-0.3, -0.25) is 0 Å². The monoisotopic (exact) mass is 219 g/mol. The fourth-order valence-corrected chi connectivity index (χ4v) is 2.27. The third kappa shape index (κ3) is 2.59. The lowest BCUT2D eigenvalue weighted by Crippen LogP contribution is -2.24. The Morgan fingerprint density at radius 2 is 2.12 bits per heavy atom. The van der Waals surface area contributed by atoms with E-state index in [1.165, 1.54) is 17.7 Å². The second kappa shape index (κ2) is 4.13. The Hall–Kier alpha value is -0.960. The van der Waals surface area contributed by atoms with Crippen LogP contribution in [0.15, 0.2) is 6.20 Å². The van der Waals surface area contributed by atoms with Gasteiger partial charge in [0.15, 0.2) is 0 Å².